The fraction of sp³-hybridized carbons (Fsp3) is 0.150. The lowest BCUT2D eigenvalue weighted by Gasteiger charge is -2.32. The molecule has 0 bridgehead atoms. The second kappa shape index (κ2) is 7.56. The lowest BCUT2D eigenvalue weighted by Crippen LogP contribution is -2.49. The van der Waals surface area contributed by atoms with Crippen LogP contribution in [-0.2, 0) is 14.3 Å². The number of carbonyl (C=O) groups is 3. The van der Waals surface area contributed by atoms with E-state index in [0.717, 1.165) is 11.0 Å². The molecule has 1 atom stereocenters. The molecule has 0 saturated heterocycles. The highest BCUT2D eigenvalue weighted by molar-refractivity contribution is 6.31. The van der Waals surface area contributed by atoms with Gasteiger partial charge in [-0.1, -0.05) is 35.9 Å². The SMILES string of the molecule is O=C(CN1C(=O)N[C@@H](c2ccccc2Cl)C2=C1COC2=O)Nc1cccc(F)c1. The topological polar surface area (TPSA) is 87.7 Å². The summed E-state index contributed by atoms with van der Waals surface area (Å²) in [7, 11) is 0. The van der Waals surface area contributed by atoms with Gasteiger partial charge in [0, 0.05) is 10.7 Å². The smallest absolute Gasteiger partial charge is 0.338 e. The molecular weight excluding hydrogens is 401 g/mol. The van der Waals surface area contributed by atoms with Crippen molar-refractivity contribution in [2.24, 2.45) is 0 Å². The number of nitrogens with zero attached hydrogens (tertiary/aromatic N) is 1. The Morgan fingerprint density at radius 1 is 1.24 bits per heavy atom. The number of benzene rings is 2. The highest BCUT2D eigenvalue weighted by Gasteiger charge is 2.43. The van der Waals surface area contributed by atoms with Crippen molar-refractivity contribution in [3.63, 3.8) is 0 Å². The van der Waals surface area contributed by atoms with E-state index in [9.17, 15) is 18.8 Å². The largest absolute Gasteiger partial charge is 0.456 e. The van der Waals surface area contributed by atoms with Crippen LogP contribution < -0.4 is 10.6 Å². The van der Waals surface area contributed by atoms with Gasteiger partial charge >= 0.3 is 12.0 Å². The summed E-state index contributed by atoms with van der Waals surface area (Å²) in [4.78, 5) is 38.6. The maximum absolute atomic E-state index is 13.3. The standard InChI is InChI=1S/C20H15ClFN3O4/c21-14-7-2-1-6-13(14)18-17-15(10-29-19(17)27)25(20(28)24-18)9-16(26)23-12-5-3-4-11(22)8-12/h1-8,18H,9-10H2,(H,23,26)(H,24,28)/t18-/m0/s1. The number of carbonyl (C=O) groups excluding carboxylic acids is 3. The number of rotatable bonds is 4. The van der Waals surface area contributed by atoms with Gasteiger partial charge in [0.15, 0.2) is 0 Å². The summed E-state index contributed by atoms with van der Waals surface area (Å²) in [6.07, 6.45) is 0. The highest BCUT2D eigenvalue weighted by atomic mass is 35.5. The number of anilines is 1. The molecule has 3 amide bonds. The second-order valence-electron chi connectivity index (χ2n) is 6.49. The molecule has 2 aliphatic rings. The van der Waals surface area contributed by atoms with Crippen LogP contribution in [0.4, 0.5) is 14.9 Å². The first-order valence-corrected chi connectivity index (χ1v) is 9.10. The van der Waals surface area contributed by atoms with Crippen molar-refractivity contribution in [1.82, 2.24) is 10.2 Å². The van der Waals surface area contributed by atoms with Crippen LogP contribution in [0.1, 0.15) is 11.6 Å². The lowest BCUT2D eigenvalue weighted by atomic mass is 9.95. The van der Waals surface area contributed by atoms with Crippen LogP contribution in [0.3, 0.4) is 0 Å². The van der Waals surface area contributed by atoms with Gasteiger partial charge in [0.25, 0.3) is 0 Å². The summed E-state index contributed by atoms with van der Waals surface area (Å²) >= 11 is 6.23. The van der Waals surface area contributed by atoms with Gasteiger partial charge in [0.1, 0.15) is 19.0 Å². The normalized spacial score (nSPS) is 18.3. The average Bonchev–Trinajstić information content (AvgIpc) is 3.06. The number of cyclic esters (lactones) is 1. The minimum atomic E-state index is -0.774. The predicted octanol–water partition coefficient (Wildman–Crippen LogP) is 3.00. The molecule has 29 heavy (non-hydrogen) atoms. The maximum atomic E-state index is 13.3. The van der Waals surface area contributed by atoms with E-state index in [1.54, 1.807) is 24.3 Å². The number of esters is 1. The second-order valence-corrected chi connectivity index (χ2v) is 6.89. The molecule has 0 spiro atoms. The molecule has 0 saturated carbocycles. The number of nitrogens with one attached hydrogen (secondary N) is 2. The molecule has 2 aromatic carbocycles. The van der Waals surface area contributed by atoms with E-state index >= 15 is 0 Å². The van der Waals surface area contributed by atoms with E-state index in [2.05, 4.69) is 10.6 Å². The number of amides is 3. The zero-order valence-corrected chi connectivity index (χ0v) is 15.7. The fourth-order valence-corrected chi connectivity index (χ4v) is 3.58. The Morgan fingerprint density at radius 3 is 2.79 bits per heavy atom. The van der Waals surface area contributed by atoms with Crippen molar-refractivity contribution in [2.75, 3.05) is 18.5 Å². The van der Waals surface area contributed by atoms with E-state index in [1.165, 1.54) is 18.2 Å². The van der Waals surface area contributed by atoms with E-state index in [0.29, 0.717) is 16.3 Å². The Bertz CT molecular complexity index is 1060. The number of hydrogen-bond acceptors (Lipinski definition) is 4. The van der Waals surface area contributed by atoms with Gasteiger partial charge < -0.3 is 15.4 Å². The summed E-state index contributed by atoms with van der Waals surface area (Å²) in [5.74, 6) is -1.63. The molecule has 0 aromatic heterocycles. The first kappa shape index (κ1) is 18.9. The Hall–Kier alpha value is -3.39. The zero-order valence-electron chi connectivity index (χ0n) is 14.9. The van der Waals surface area contributed by atoms with Crippen LogP contribution in [0, 0.1) is 5.82 Å². The van der Waals surface area contributed by atoms with E-state index < -0.39 is 29.8 Å². The van der Waals surface area contributed by atoms with Crippen molar-refractivity contribution in [2.45, 2.75) is 6.04 Å². The molecule has 2 aliphatic heterocycles. The Morgan fingerprint density at radius 2 is 2.03 bits per heavy atom. The first-order chi connectivity index (χ1) is 13.9. The minimum absolute atomic E-state index is 0.129. The number of ether oxygens (including phenoxy) is 1. The molecule has 0 radical (unpaired) electrons. The number of hydrogen-bond donors (Lipinski definition) is 2. The lowest BCUT2D eigenvalue weighted by molar-refractivity contribution is -0.136. The van der Waals surface area contributed by atoms with Gasteiger partial charge in [-0.15, -0.1) is 0 Å². The monoisotopic (exact) mass is 415 g/mol. The third-order valence-corrected chi connectivity index (χ3v) is 4.97. The molecule has 0 unspecified atom stereocenters. The molecule has 4 rings (SSSR count). The molecule has 2 heterocycles. The maximum Gasteiger partial charge on any atom is 0.338 e. The molecule has 9 heteroatoms. The van der Waals surface area contributed by atoms with Crippen LogP contribution >= 0.6 is 11.6 Å². The van der Waals surface area contributed by atoms with Gasteiger partial charge in [-0.2, -0.15) is 0 Å². The van der Waals surface area contributed by atoms with Crippen LogP contribution in [0.25, 0.3) is 0 Å². The minimum Gasteiger partial charge on any atom is -0.456 e. The molecule has 2 aromatic rings. The highest BCUT2D eigenvalue weighted by Crippen LogP contribution is 2.37. The summed E-state index contributed by atoms with van der Waals surface area (Å²) in [5.41, 5.74) is 1.35. The molecular formula is C20H15ClFN3O4. The van der Waals surface area contributed by atoms with Crippen LogP contribution in [-0.4, -0.2) is 36.0 Å². The quantitative estimate of drug-likeness (QED) is 0.751. The van der Waals surface area contributed by atoms with Crippen LogP contribution in [0.5, 0.6) is 0 Å². The Labute approximate surface area is 170 Å². The summed E-state index contributed by atoms with van der Waals surface area (Å²) in [6.45, 7) is -0.497. The van der Waals surface area contributed by atoms with Crippen molar-refractivity contribution in [1.29, 1.82) is 0 Å². The zero-order chi connectivity index (χ0) is 20.5. The molecule has 7 nitrogen and oxygen atoms in total. The summed E-state index contributed by atoms with van der Waals surface area (Å²) in [6, 6.07) is 10.9. The van der Waals surface area contributed by atoms with Crippen LogP contribution in [0.15, 0.2) is 59.8 Å². The first-order valence-electron chi connectivity index (χ1n) is 8.72. The van der Waals surface area contributed by atoms with Crippen LogP contribution in [0.2, 0.25) is 5.02 Å². The fourth-order valence-electron chi connectivity index (χ4n) is 3.33. The van der Waals surface area contributed by atoms with Gasteiger partial charge in [-0.3, -0.25) is 9.69 Å². The van der Waals surface area contributed by atoms with Gasteiger partial charge in [0.2, 0.25) is 5.91 Å². The molecule has 0 fully saturated rings. The molecule has 148 valence electrons. The van der Waals surface area contributed by atoms with Gasteiger partial charge in [-0.05, 0) is 29.8 Å². The van der Waals surface area contributed by atoms with E-state index in [4.69, 9.17) is 16.3 Å². The average molecular weight is 416 g/mol. The third-order valence-electron chi connectivity index (χ3n) is 4.62. The predicted molar refractivity (Wildman–Crippen MR) is 102 cm³/mol. The Balaban J connectivity index is 1.61. The molecule has 0 aliphatic carbocycles. The van der Waals surface area contributed by atoms with Crippen molar-refractivity contribution >= 4 is 35.2 Å². The third kappa shape index (κ3) is 3.66. The van der Waals surface area contributed by atoms with Crippen molar-refractivity contribution < 1.29 is 23.5 Å². The summed E-state index contributed by atoms with van der Waals surface area (Å²) in [5, 5.41) is 5.62. The van der Waals surface area contributed by atoms with E-state index in [-0.39, 0.29) is 24.4 Å². The number of urea groups is 1. The number of halogens is 2. The van der Waals surface area contributed by atoms with Gasteiger partial charge in [0.05, 0.1) is 17.3 Å². The molecule has 2 N–H and O–H groups in total. The van der Waals surface area contributed by atoms with Gasteiger partial charge in [-0.25, -0.2) is 14.0 Å². The van der Waals surface area contributed by atoms with E-state index in [1.807, 2.05) is 0 Å². The van der Waals surface area contributed by atoms with Crippen molar-refractivity contribution in [3.8, 4) is 0 Å². The van der Waals surface area contributed by atoms with Crippen molar-refractivity contribution in [3.05, 3.63) is 76.2 Å². The Kier molecular flexibility index (Phi) is 4.94. The summed E-state index contributed by atoms with van der Waals surface area (Å²) < 4.78 is 18.4.